The van der Waals surface area contributed by atoms with Crippen LogP contribution in [0.25, 0.3) is 11.1 Å². The maximum atomic E-state index is 14.9. The molecule has 164 valence electrons. The number of nitrogens with zero attached hydrogens (tertiary/aromatic N) is 6. The summed E-state index contributed by atoms with van der Waals surface area (Å²) >= 11 is 5.79. The lowest BCUT2D eigenvalue weighted by atomic mass is 10.0. The first-order chi connectivity index (χ1) is 15.6. The number of benzene rings is 1. The molecule has 5 rings (SSSR count). The number of cyclic esters (lactones) is 1. The van der Waals surface area contributed by atoms with Gasteiger partial charge in [-0.1, -0.05) is 16.4 Å². The summed E-state index contributed by atoms with van der Waals surface area (Å²) in [7, 11) is 0. The predicted molar refractivity (Wildman–Crippen MR) is 114 cm³/mol. The van der Waals surface area contributed by atoms with Crippen molar-refractivity contribution >= 4 is 29.1 Å². The van der Waals surface area contributed by atoms with Crippen LogP contribution >= 0.6 is 11.6 Å². The average molecular weight is 457 g/mol. The number of rotatable bonds is 6. The van der Waals surface area contributed by atoms with Crippen molar-refractivity contribution in [2.45, 2.75) is 25.2 Å². The van der Waals surface area contributed by atoms with Gasteiger partial charge in [0.05, 0.1) is 36.5 Å². The summed E-state index contributed by atoms with van der Waals surface area (Å²) in [5.41, 5.74) is 2.79. The quantitative estimate of drug-likeness (QED) is 0.528. The molecule has 0 radical (unpaired) electrons. The van der Waals surface area contributed by atoms with E-state index in [0.29, 0.717) is 53.6 Å². The van der Waals surface area contributed by atoms with Gasteiger partial charge in [-0.3, -0.25) is 9.88 Å². The van der Waals surface area contributed by atoms with Crippen molar-refractivity contribution in [3.63, 3.8) is 0 Å². The van der Waals surface area contributed by atoms with Crippen LogP contribution in [0.4, 0.5) is 14.9 Å². The van der Waals surface area contributed by atoms with Gasteiger partial charge in [0.2, 0.25) is 0 Å². The fourth-order valence-electron chi connectivity index (χ4n) is 3.66. The Kier molecular flexibility index (Phi) is 5.44. The molecule has 1 fully saturated rings. The minimum Gasteiger partial charge on any atom is -0.442 e. The SMILES string of the molecule is O=C1O[C@@H](Cn2ccnn2)CN1c1ccc(-c2ccc(C3=NO[C@H](CCl)C3)nc2)c(F)c1. The Bertz CT molecular complexity index is 1150. The summed E-state index contributed by atoms with van der Waals surface area (Å²) in [5, 5.41) is 11.6. The van der Waals surface area contributed by atoms with Gasteiger partial charge in [-0.2, -0.15) is 0 Å². The van der Waals surface area contributed by atoms with Gasteiger partial charge in [-0.25, -0.2) is 13.9 Å². The topological polar surface area (TPSA) is 94.7 Å². The van der Waals surface area contributed by atoms with Crippen molar-refractivity contribution in [1.29, 1.82) is 0 Å². The van der Waals surface area contributed by atoms with Crippen molar-refractivity contribution in [2.75, 3.05) is 17.3 Å². The Morgan fingerprint density at radius 3 is 2.81 bits per heavy atom. The molecule has 1 aromatic carbocycles. The van der Waals surface area contributed by atoms with E-state index in [4.69, 9.17) is 21.2 Å². The molecule has 3 aromatic rings. The molecule has 1 saturated heterocycles. The van der Waals surface area contributed by atoms with Crippen molar-refractivity contribution in [3.05, 3.63) is 60.4 Å². The molecule has 0 bridgehead atoms. The molecule has 32 heavy (non-hydrogen) atoms. The number of carbonyl (C=O) groups excluding carboxylic acids is 1. The number of alkyl halides is 1. The number of ether oxygens (including phenoxy) is 1. The summed E-state index contributed by atoms with van der Waals surface area (Å²) in [6.07, 6.45) is 4.34. The van der Waals surface area contributed by atoms with Gasteiger partial charge < -0.3 is 9.57 Å². The molecule has 0 unspecified atom stereocenters. The molecular formula is C21H18ClFN6O3. The monoisotopic (exact) mass is 456 g/mol. The number of carbonyl (C=O) groups is 1. The first-order valence-electron chi connectivity index (χ1n) is 9.98. The molecule has 0 N–H and O–H groups in total. The van der Waals surface area contributed by atoms with E-state index in [1.807, 2.05) is 0 Å². The van der Waals surface area contributed by atoms with Gasteiger partial charge in [0.1, 0.15) is 23.7 Å². The highest BCUT2D eigenvalue weighted by molar-refractivity contribution is 6.18. The van der Waals surface area contributed by atoms with E-state index in [1.165, 1.54) is 11.0 Å². The van der Waals surface area contributed by atoms with Crippen LogP contribution in [0.1, 0.15) is 12.1 Å². The highest BCUT2D eigenvalue weighted by atomic mass is 35.5. The highest BCUT2D eigenvalue weighted by Crippen LogP contribution is 2.29. The van der Waals surface area contributed by atoms with E-state index in [2.05, 4.69) is 20.5 Å². The van der Waals surface area contributed by atoms with Crippen LogP contribution in [-0.2, 0) is 16.1 Å². The van der Waals surface area contributed by atoms with Gasteiger partial charge in [0.25, 0.3) is 0 Å². The Hall–Kier alpha value is -3.53. The lowest BCUT2D eigenvalue weighted by molar-refractivity contribution is 0.102. The summed E-state index contributed by atoms with van der Waals surface area (Å²) in [5.74, 6) is -0.109. The third-order valence-corrected chi connectivity index (χ3v) is 5.62. The van der Waals surface area contributed by atoms with Gasteiger partial charge in [-0.05, 0) is 24.3 Å². The number of anilines is 1. The van der Waals surface area contributed by atoms with Crippen LogP contribution in [0.2, 0.25) is 0 Å². The van der Waals surface area contributed by atoms with Crippen molar-refractivity contribution in [2.24, 2.45) is 5.16 Å². The normalized spacial score (nSPS) is 20.2. The molecule has 9 nitrogen and oxygen atoms in total. The van der Waals surface area contributed by atoms with E-state index < -0.39 is 18.0 Å². The first kappa shape index (κ1) is 20.4. The first-order valence-corrected chi connectivity index (χ1v) is 10.5. The third kappa shape index (κ3) is 4.01. The van der Waals surface area contributed by atoms with E-state index >= 15 is 0 Å². The number of hydrogen-bond acceptors (Lipinski definition) is 7. The lowest BCUT2D eigenvalue weighted by Gasteiger charge is -2.14. The van der Waals surface area contributed by atoms with Crippen molar-refractivity contribution < 1.29 is 18.8 Å². The van der Waals surface area contributed by atoms with E-state index in [9.17, 15) is 9.18 Å². The second-order valence-electron chi connectivity index (χ2n) is 7.46. The summed E-state index contributed by atoms with van der Waals surface area (Å²) in [6, 6.07) is 8.18. The minimum absolute atomic E-state index is 0.147. The fourth-order valence-corrected chi connectivity index (χ4v) is 3.82. The summed E-state index contributed by atoms with van der Waals surface area (Å²) < 4.78 is 21.9. The van der Waals surface area contributed by atoms with Crippen molar-refractivity contribution in [3.8, 4) is 11.1 Å². The second kappa shape index (κ2) is 8.54. The Balaban J connectivity index is 1.30. The average Bonchev–Trinajstić information content (AvgIpc) is 3.56. The predicted octanol–water partition coefficient (Wildman–Crippen LogP) is 3.24. The van der Waals surface area contributed by atoms with Gasteiger partial charge >= 0.3 is 6.09 Å². The minimum atomic E-state index is -0.525. The number of aromatic nitrogens is 4. The maximum absolute atomic E-state index is 14.9. The van der Waals surface area contributed by atoms with Crippen LogP contribution in [-0.4, -0.2) is 56.4 Å². The molecule has 0 saturated carbocycles. The number of oxime groups is 1. The zero-order valence-corrected chi connectivity index (χ0v) is 17.5. The van der Waals surface area contributed by atoms with Crippen LogP contribution < -0.4 is 4.90 Å². The number of pyridine rings is 1. The number of halogens is 2. The van der Waals surface area contributed by atoms with Crippen LogP contribution in [0, 0.1) is 5.82 Å². The van der Waals surface area contributed by atoms with E-state index in [-0.39, 0.29) is 6.10 Å². The second-order valence-corrected chi connectivity index (χ2v) is 7.77. The molecule has 0 spiro atoms. The Morgan fingerprint density at radius 2 is 2.12 bits per heavy atom. The van der Waals surface area contributed by atoms with Crippen molar-refractivity contribution in [1.82, 2.24) is 20.0 Å². The number of amides is 1. The summed E-state index contributed by atoms with van der Waals surface area (Å²) in [4.78, 5) is 23.3. The molecule has 11 heteroatoms. The molecule has 4 heterocycles. The molecule has 2 aromatic heterocycles. The smallest absolute Gasteiger partial charge is 0.414 e. The maximum Gasteiger partial charge on any atom is 0.414 e. The third-order valence-electron chi connectivity index (χ3n) is 5.28. The molecule has 2 aliphatic rings. The molecular weight excluding hydrogens is 439 g/mol. The van der Waals surface area contributed by atoms with E-state index in [1.54, 1.807) is 47.5 Å². The van der Waals surface area contributed by atoms with Crippen LogP contribution in [0.3, 0.4) is 0 Å². The highest BCUT2D eigenvalue weighted by Gasteiger charge is 2.33. The number of hydrogen-bond donors (Lipinski definition) is 0. The van der Waals surface area contributed by atoms with Gasteiger partial charge in [0.15, 0.2) is 0 Å². The van der Waals surface area contributed by atoms with Crippen LogP contribution in [0.5, 0.6) is 0 Å². The zero-order valence-electron chi connectivity index (χ0n) is 16.8. The molecule has 2 aliphatic heterocycles. The summed E-state index contributed by atoms with van der Waals surface area (Å²) in [6.45, 7) is 0.671. The van der Waals surface area contributed by atoms with Gasteiger partial charge in [0, 0.05) is 29.9 Å². The molecule has 2 atom stereocenters. The Morgan fingerprint density at radius 1 is 1.22 bits per heavy atom. The standard InChI is InChI=1S/C21H18ClFN6O3/c22-9-15-8-20(26-32-15)19-4-1-13(10-24-19)17-3-2-14(7-18(17)23)29-12-16(31-21(29)30)11-28-6-5-25-27-28/h1-7,10,15-16H,8-9,11-12H2/t15-,16-/m0/s1. The lowest BCUT2D eigenvalue weighted by Crippen LogP contribution is -2.26. The molecule has 1 amide bonds. The Labute approximate surface area is 187 Å². The van der Waals surface area contributed by atoms with Gasteiger partial charge in [-0.15, -0.1) is 16.7 Å². The largest absolute Gasteiger partial charge is 0.442 e. The fraction of sp³-hybridized carbons (Fsp3) is 0.286. The van der Waals surface area contributed by atoms with Crippen LogP contribution in [0.15, 0.2) is 54.1 Å². The zero-order chi connectivity index (χ0) is 22.1. The molecule has 0 aliphatic carbocycles. The van der Waals surface area contributed by atoms with E-state index in [0.717, 1.165) is 0 Å².